The number of hydrogen-bond donors (Lipinski definition) is 1. The number of para-hydroxylation sites is 1. The minimum atomic E-state index is -0.621. The van der Waals surface area contributed by atoms with Crippen molar-refractivity contribution in [3.05, 3.63) is 65.2 Å². The van der Waals surface area contributed by atoms with E-state index in [1.165, 1.54) is 0 Å². The molecule has 0 atom stereocenters. The van der Waals surface area contributed by atoms with Crippen LogP contribution in [0.5, 0.6) is 0 Å². The Hall–Kier alpha value is -3.94. The second-order valence-corrected chi connectivity index (χ2v) is 8.24. The fourth-order valence-electron chi connectivity index (χ4n) is 3.70. The molecule has 4 rings (SSSR count). The Balaban J connectivity index is 1.64. The molecule has 8 nitrogen and oxygen atoms in total. The number of furan rings is 1. The van der Waals surface area contributed by atoms with Crippen molar-refractivity contribution in [3.63, 3.8) is 0 Å². The van der Waals surface area contributed by atoms with Crippen LogP contribution in [0.3, 0.4) is 0 Å². The summed E-state index contributed by atoms with van der Waals surface area (Å²) in [6.07, 6.45) is 1.60. The third-order valence-corrected chi connectivity index (χ3v) is 5.35. The molecule has 0 fully saturated rings. The minimum Gasteiger partial charge on any atom is -0.466 e. The fourth-order valence-corrected chi connectivity index (χ4v) is 3.70. The molecule has 3 heterocycles. The van der Waals surface area contributed by atoms with Crippen molar-refractivity contribution in [2.24, 2.45) is 0 Å². The number of anilines is 1. The third-order valence-electron chi connectivity index (χ3n) is 5.35. The van der Waals surface area contributed by atoms with Crippen LogP contribution in [-0.2, 0) is 9.53 Å². The van der Waals surface area contributed by atoms with Gasteiger partial charge in [0.25, 0.3) is 5.91 Å². The number of carbonyl (C=O) groups is 2. The van der Waals surface area contributed by atoms with Crippen molar-refractivity contribution in [1.29, 1.82) is 0 Å². The van der Waals surface area contributed by atoms with Gasteiger partial charge in [-0.1, -0.05) is 18.2 Å². The summed E-state index contributed by atoms with van der Waals surface area (Å²) in [5, 5.41) is 7.73. The van der Waals surface area contributed by atoms with E-state index in [4.69, 9.17) is 14.1 Å². The van der Waals surface area contributed by atoms with Crippen molar-refractivity contribution >= 4 is 28.6 Å². The first-order chi connectivity index (χ1) is 15.7. The summed E-state index contributed by atoms with van der Waals surface area (Å²) < 4.78 is 12.8. The summed E-state index contributed by atoms with van der Waals surface area (Å²) in [5.41, 5.74) is 3.83. The average Bonchev–Trinajstić information content (AvgIpc) is 3.35. The summed E-state index contributed by atoms with van der Waals surface area (Å²) in [6.45, 7) is 9.17. The highest BCUT2D eigenvalue weighted by molar-refractivity contribution is 6.05. The number of amides is 1. The van der Waals surface area contributed by atoms with E-state index in [-0.39, 0.29) is 6.04 Å². The number of aromatic nitrogens is 3. The first-order valence-electron chi connectivity index (χ1n) is 10.7. The number of hydrogen-bond acceptors (Lipinski definition) is 6. The van der Waals surface area contributed by atoms with E-state index in [0.29, 0.717) is 33.7 Å². The summed E-state index contributed by atoms with van der Waals surface area (Å²) in [5.74, 6) is 0.415. The van der Waals surface area contributed by atoms with Crippen molar-refractivity contribution in [3.8, 4) is 11.3 Å². The second-order valence-electron chi connectivity index (χ2n) is 8.24. The predicted molar refractivity (Wildman–Crippen MR) is 125 cm³/mol. The molecule has 1 N–H and O–H groups in total. The van der Waals surface area contributed by atoms with Crippen molar-refractivity contribution < 1.29 is 18.7 Å². The lowest BCUT2D eigenvalue weighted by Gasteiger charge is -2.11. The zero-order chi connectivity index (χ0) is 23.7. The van der Waals surface area contributed by atoms with Crippen LogP contribution in [0.15, 0.2) is 47.0 Å². The smallest absolute Gasteiger partial charge is 0.339 e. The number of rotatable bonds is 6. The van der Waals surface area contributed by atoms with E-state index in [1.54, 1.807) is 23.0 Å². The van der Waals surface area contributed by atoms with Gasteiger partial charge in [-0.05, 0) is 58.4 Å². The van der Waals surface area contributed by atoms with Crippen LogP contribution in [0.25, 0.3) is 22.3 Å². The lowest BCUT2D eigenvalue weighted by atomic mass is 10.1. The monoisotopic (exact) mass is 446 g/mol. The third kappa shape index (κ3) is 4.50. The average molecular weight is 447 g/mol. The van der Waals surface area contributed by atoms with Crippen molar-refractivity contribution in [2.45, 2.75) is 40.7 Å². The number of ether oxygens (including phenoxy) is 1. The SMILES string of the molecule is Cc1cc(-c2cc(C(=O)OCC(=O)Nc3ccccc3C)c3cnn(C(C)C)c3n2)c(C)o1. The Kier molecular flexibility index (Phi) is 6.00. The van der Waals surface area contributed by atoms with Gasteiger partial charge in [0.05, 0.1) is 22.8 Å². The molecule has 0 aliphatic heterocycles. The standard InChI is InChI=1S/C25H26N4O4/c1-14(2)29-24-20(12-26-29)19(11-22(28-24)18-10-16(4)33-17(18)5)25(31)32-13-23(30)27-21-9-7-6-8-15(21)3/h6-12,14H,13H2,1-5H3,(H,27,30). The molecular formula is C25H26N4O4. The summed E-state index contributed by atoms with van der Waals surface area (Å²) in [4.78, 5) is 30.2. The first-order valence-corrected chi connectivity index (χ1v) is 10.7. The molecule has 0 radical (unpaired) electrons. The van der Waals surface area contributed by atoms with Crippen LogP contribution in [0.2, 0.25) is 0 Å². The number of benzene rings is 1. The van der Waals surface area contributed by atoms with Gasteiger partial charge >= 0.3 is 5.97 Å². The Morgan fingerprint density at radius 1 is 1.15 bits per heavy atom. The maximum absolute atomic E-state index is 13.0. The maximum Gasteiger partial charge on any atom is 0.339 e. The number of carbonyl (C=O) groups excluding carboxylic acids is 2. The van der Waals surface area contributed by atoms with Crippen LogP contribution in [-0.4, -0.2) is 33.2 Å². The van der Waals surface area contributed by atoms with E-state index < -0.39 is 18.5 Å². The van der Waals surface area contributed by atoms with Crippen LogP contribution in [0, 0.1) is 20.8 Å². The van der Waals surface area contributed by atoms with Crippen LogP contribution in [0.1, 0.15) is 47.3 Å². The molecule has 0 spiro atoms. The molecule has 0 saturated carbocycles. The molecule has 4 aromatic rings. The Labute approximate surface area is 191 Å². The van der Waals surface area contributed by atoms with Gasteiger partial charge in [-0.15, -0.1) is 0 Å². The molecule has 33 heavy (non-hydrogen) atoms. The summed E-state index contributed by atoms with van der Waals surface area (Å²) in [7, 11) is 0. The topological polar surface area (TPSA) is 99.2 Å². The van der Waals surface area contributed by atoms with Crippen molar-refractivity contribution in [1.82, 2.24) is 14.8 Å². The molecule has 170 valence electrons. The molecule has 0 aliphatic carbocycles. The van der Waals surface area contributed by atoms with E-state index >= 15 is 0 Å². The largest absolute Gasteiger partial charge is 0.466 e. The van der Waals surface area contributed by atoms with E-state index in [1.807, 2.05) is 58.9 Å². The molecule has 0 unspecified atom stereocenters. The molecule has 0 aliphatic rings. The Morgan fingerprint density at radius 2 is 1.91 bits per heavy atom. The van der Waals surface area contributed by atoms with E-state index in [9.17, 15) is 9.59 Å². The first kappa shape index (κ1) is 22.3. The van der Waals surface area contributed by atoms with Gasteiger partial charge in [-0.3, -0.25) is 4.79 Å². The lowest BCUT2D eigenvalue weighted by Crippen LogP contribution is -2.21. The molecule has 1 amide bonds. The number of pyridine rings is 1. The maximum atomic E-state index is 13.0. The van der Waals surface area contributed by atoms with E-state index in [0.717, 1.165) is 16.9 Å². The molecule has 3 aromatic heterocycles. The normalized spacial score (nSPS) is 11.2. The van der Waals surface area contributed by atoms with Crippen LogP contribution in [0.4, 0.5) is 5.69 Å². The summed E-state index contributed by atoms with van der Waals surface area (Å²) >= 11 is 0. The van der Waals surface area contributed by atoms with Gasteiger partial charge < -0.3 is 14.5 Å². The minimum absolute atomic E-state index is 0.0428. The highest BCUT2D eigenvalue weighted by Gasteiger charge is 2.22. The molecule has 0 bridgehead atoms. The van der Waals surface area contributed by atoms with Crippen LogP contribution < -0.4 is 5.32 Å². The van der Waals surface area contributed by atoms with Crippen LogP contribution >= 0.6 is 0 Å². The zero-order valence-electron chi connectivity index (χ0n) is 19.3. The lowest BCUT2D eigenvalue weighted by molar-refractivity contribution is -0.119. The Bertz CT molecular complexity index is 1350. The molecule has 8 heteroatoms. The fraction of sp³-hybridized carbons (Fsp3) is 0.280. The number of nitrogens with zero attached hydrogens (tertiary/aromatic N) is 3. The van der Waals surface area contributed by atoms with Gasteiger partial charge in [0.15, 0.2) is 12.3 Å². The second kappa shape index (κ2) is 8.90. The Morgan fingerprint density at radius 3 is 2.58 bits per heavy atom. The number of esters is 1. The number of aryl methyl sites for hydroxylation is 3. The van der Waals surface area contributed by atoms with E-state index in [2.05, 4.69) is 10.4 Å². The molecule has 0 saturated heterocycles. The summed E-state index contributed by atoms with van der Waals surface area (Å²) in [6, 6.07) is 11.0. The molecular weight excluding hydrogens is 420 g/mol. The van der Waals surface area contributed by atoms with Gasteiger partial charge in [0, 0.05) is 17.3 Å². The quantitative estimate of drug-likeness (QED) is 0.419. The van der Waals surface area contributed by atoms with Gasteiger partial charge in [0.2, 0.25) is 0 Å². The van der Waals surface area contributed by atoms with Gasteiger partial charge in [-0.25, -0.2) is 14.5 Å². The number of nitrogens with one attached hydrogen (secondary N) is 1. The zero-order valence-corrected chi connectivity index (χ0v) is 19.3. The van der Waals surface area contributed by atoms with Crippen molar-refractivity contribution in [2.75, 3.05) is 11.9 Å². The van der Waals surface area contributed by atoms with Gasteiger partial charge in [-0.2, -0.15) is 5.10 Å². The van der Waals surface area contributed by atoms with Gasteiger partial charge in [0.1, 0.15) is 11.5 Å². The number of fused-ring (bicyclic) bond motifs is 1. The highest BCUT2D eigenvalue weighted by atomic mass is 16.5. The molecule has 1 aromatic carbocycles. The predicted octanol–water partition coefficient (Wildman–Crippen LogP) is 4.99. The highest BCUT2D eigenvalue weighted by Crippen LogP contribution is 2.30.